The fourth-order valence-electron chi connectivity index (χ4n) is 3.53. The molecule has 1 fully saturated rings. The van der Waals surface area contributed by atoms with Crippen LogP contribution in [0.3, 0.4) is 0 Å². The van der Waals surface area contributed by atoms with Crippen molar-refractivity contribution in [1.29, 1.82) is 0 Å². The van der Waals surface area contributed by atoms with E-state index in [2.05, 4.69) is 25.2 Å². The first-order chi connectivity index (χ1) is 10.1. The third-order valence-corrected chi connectivity index (χ3v) is 4.67. The quantitative estimate of drug-likeness (QED) is 0.840. The van der Waals surface area contributed by atoms with E-state index in [4.69, 9.17) is 4.74 Å². The van der Waals surface area contributed by atoms with Gasteiger partial charge in [0.1, 0.15) is 5.75 Å². The highest BCUT2D eigenvalue weighted by Crippen LogP contribution is 2.33. The second kappa shape index (κ2) is 7.28. The molecule has 0 saturated heterocycles. The fraction of sp³-hybridized carbons (Fsp3) is 0.667. The molecule has 0 radical (unpaired) electrons. The number of hydrogen-bond donors (Lipinski definition) is 2. The van der Waals surface area contributed by atoms with Crippen LogP contribution < -0.4 is 10.1 Å². The van der Waals surface area contributed by atoms with Gasteiger partial charge in [-0.25, -0.2) is 0 Å². The van der Waals surface area contributed by atoms with Crippen LogP contribution in [-0.2, 0) is 0 Å². The van der Waals surface area contributed by atoms with Gasteiger partial charge in [0.05, 0.1) is 12.7 Å². The zero-order valence-electron chi connectivity index (χ0n) is 13.6. The van der Waals surface area contributed by atoms with Gasteiger partial charge >= 0.3 is 0 Å². The maximum Gasteiger partial charge on any atom is 0.123 e. The summed E-state index contributed by atoms with van der Waals surface area (Å²) in [7, 11) is 1.71. The molecule has 118 valence electrons. The molecule has 1 aliphatic carbocycles. The monoisotopic (exact) mass is 291 g/mol. The fourth-order valence-corrected chi connectivity index (χ4v) is 3.53. The Bertz CT molecular complexity index is 449. The van der Waals surface area contributed by atoms with Gasteiger partial charge in [-0.2, -0.15) is 0 Å². The lowest BCUT2D eigenvalue weighted by molar-refractivity contribution is -0.0139. The van der Waals surface area contributed by atoms with Crippen LogP contribution >= 0.6 is 0 Å². The number of nitrogens with one attached hydrogen (secondary N) is 1. The molecule has 3 unspecified atom stereocenters. The van der Waals surface area contributed by atoms with E-state index in [1.54, 1.807) is 7.11 Å². The molecule has 0 aliphatic heterocycles. The summed E-state index contributed by atoms with van der Waals surface area (Å²) >= 11 is 0. The van der Waals surface area contributed by atoms with E-state index in [9.17, 15) is 5.11 Å². The molecule has 0 spiro atoms. The lowest BCUT2D eigenvalue weighted by Crippen LogP contribution is -2.45. The van der Waals surface area contributed by atoms with E-state index >= 15 is 0 Å². The average molecular weight is 291 g/mol. The number of para-hydroxylation sites is 1. The lowest BCUT2D eigenvalue weighted by atomic mass is 9.78. The van der Waals surface area contributed by atoms with Crippen molar-refractivity contribution in [3.63, 3.8) is 0 Å². The summed E-state index contributed by atoms with van der Waals surface area (Å²) in [5.41, 5.74) is 0.627. The van der Waals surface area contributed by atoms with Crippen LogP contribution in [0.1, 0.15) is 57.6 Å². The topological polar surface area (TPSA) is 41.5 Å². The Labute approximate surface area is 128 Å². The third kappa shape index (κ3) is 4.21. The van der Waals surface area contributed by atoms with E-state index in [1.165, 1.54) is 12.0 Å². The average Bonchev–Trinajstić information content (AvgIpc) is 2.48. The summed E-state index contributed by atoms with van der Waals surface area (Å²) < 4.78 is 5.46. The van der Waals surface area contributed by atoms with Crippen LogP contribution in [0.25, 0.3) is 0 Å². The number of benzene rings is 1. The minimum Gasteiger partial charge on any atom is -0.496 e. The van der Waals surface area contributed by atoms with Crippen molar-refractivity contribution in [2.24, 2.45) is 5.92 Å². The van der Waals surface area contributed by atoms with E-state index in [1.807, 2.05) is 18.2 Å². The summed E-state index contributed by atoms with van der Waals surface area (Å²) in [6.07, 6.45) is 5.16. The van der Waals surface area contributed by atoms with Gasteiger partial charge in [-0.05, 0) is 31.2 Å². The second-order valence-corrected chi connectivity index (χ2v) is 6.51. The van der Waals surface area contributed by atoms with Crippen molar-refractivity contribution in [1.82, 2.24) is 5.32 Å². The van der Waals surface area contributed by atoms with Crippen LogP contribution in [-0.4, -0.2) is 24.4 Å². The first-order valence-corrected chi connectivity index (χ1v) is 8.16. The Morgan fingerprint density at radius 1 is 1.43 bits per heavy atom. The van der Waals surface area contributed by atoms with Crippen LogP contribution in [0, 0.1) is 5.92 Å². The van der Waals surface area contributed by atoms with Crippen LogP contribution in [0.15, 0.2) is 24.3 Å². The van der Waals surface area contributed by atoms with Crippen molar-refractivity contribution >= 4 is 0 Å². The van der Waals surface area contributed by atoms with E-state index < -0.39 is 5.60 Å². The van der Waals surface area contributed by atoms with Gasteiger partial charge in [-0.15, -0.1) is 0 Å². The Hall–Kier alpha value is -1.06. The summed E-state index contributed by atoms with van der Waals surface area (Å²) in [4.78, 5) is 0. The largest absolute Gasteiger partial charge is 0.496 e. The first-order valence-electron chi connectivity index (χ1n) is 8.16. The number of methoxy groups -OCH3 is 1. The van der Waals surface area contributed by atoms with E-state index in [0.717, 1.165) is 31.4 Å². The molecule has 3 heteroatoms. The molecule has 21 heavy (non-hydrogen) atoms. The molecule has 2 rings (SSSR count). The third-order valence-electron chi connectivity index (χ3n) is 4.67. The Kier molecular flexibility index (Phi) is 5.65. The van der Waals surface area contributed by atoms with Crippen molar-refractivity contribution in [2.75, 3.05) is 13.7 Å². The molecule has 0 bridgehead atoms. The molecule has 1 aromatic rings. The number of hydrogen-bond acceptors (Lipinski definition) is 3. The number of rotatable bonds is 6. The smallest absolute Gasteiger partial charge is 0.123 e. The molecule has 0 heterocycles. The van der Waals surface area contributed by atoms with Crippen molar-refractivity contribution in [2.45, 2.75) is 57.6 Å². The maximum atomic E-state index is 10.8. The number of ether oxygens (including phenoxy) is 1. The normalized spacial score (nSPS) is 27.3. The van der Waals surface area contributed by atoms with Gasteiger partial charge in [0.25, 0.3) is 0 Å². The Morgan fingerprint density at radius 2 is 2.19 bits per heavy atom. The van der Waals surface area contributed by atoms with Gasteiger partial charge in [-0.1, -0.05) is 44.9 Å². The van der Waals surface area contributed by atoms with E-state index in [0.29, 0.717) is 12.5 Å². The molecule has 1 saturated carbocycles. The molecule has 1 aliphatic rings. The molecule has 2 N–H and O–H groups in total. The van der Waals surface area contributed by atoms with Gasteiger partial charge in [-0.3, -0.25) is 0 Å². The molecule has 3 atom stereocenters. The van der Waals surface area contributed by atoms with Crippen molar-refractivity contribution in [3.8, 4) is 5.75 Å². The zero-order chi connectivity index (χ0) is 15.3. The van der Waals surface area contributed by atoms with E-state index in [-0.39, 0.29) is 6.04 Å². The molecule has 3 nitrogen and oxygen atoms in total. The second-order valence-electron chi connectivity index (χ2n) is 6.51. The Morgan fingerprint density at radius 3 is 2.86 bits per heavy atom. The highest BCUT2D eigenvalue weighted by atomic mass is 16.5. The Balaban J connectivity index is 2.02. The summed E-state index contributed by atoms with van der Waals surface area (Å²) in [5.74, 6) is 1.54. The standard InChI is InChI=1S/C18H29NO2/c1-4-16(15-9-5-6-10-17(15)21-3)19-13-18(20)11-7-8-14(2)12-18/h5-6,9-10,14,16,19-20H,4,7-8,11-13H2,1-3H3. The summed E-state index contributed by atoms with van der Waals surface area (Å²) in [6, 6.07) is 8.36. The molecular weight excluding hydrogens is 262 g/mol. The highest BCUT2D eigenvalue weighted by molar-refractivity contribution is 5.35. The van der Waals surface area contributed by atoms with Crippen LogP contribution in [0.5, 0.6) is 5.75 Å². The molecular formula is C18H29NO2. The SMILES string of the molecule is CCC(NCC1(O)CCCC(C)C1)c1ccccc1OC. The predicted octanol–water partition coefficient (Wildman–Crippen LogP) is 3.68. The van der Waals surface area contributed by atoms with Gasteiger partial charge in [0, 0.05) is 18.2 Å². The molecule has 1 aromatic carbocycles. The summed E-state index contributed by atoms with van der Waals surface area (Å²) in [5, 5.41) is 14.3. The highest BCUT2D eigenvalue weighted by Gasteiger charge is 2.33. The first kappa shape index (κ1) is 16.3. The predicted molar refractivity (Wildman–Crippen MR) is 86.6 cm³/mol. The van der Waals surface area contributed by atoms with Gasteiger partial charge < -0.3 is 15.2 Å². The van der Waals surface area contributed by atoms with Gasteiger partial charge in [0.2, 0.25) is 0 Å². The maximum absolute atomic E-state index is 10.8. The summed E-state index contributed by atoms with van der Waals surface area (Å²) in [6.45, 7) is 5.06. The lowest BCUT2D eigenvalue weighted by Gasteiger charge is -2.37. The van der Waals surface area contributed by atoms with Gasteiger partial charge in [0.15, 0.2) is 0 Å². The minimum absolute atomic E-state index is 0.224. The van der Waals surface area contributed by atoms with Crippen molar-refractivity contribution < 1.29 is 9.84 Å². The minimum atomic E-state index is -0.549. The van der Waals surface area contributed by atoms with Crippen LogP contribution in [0.4, 0.5) is 0 Å². The number of aliphatic hydroxyl groups is 1. The molecule has 0 aromatic heterocycles. The molecule has 0 amide bonds. The van der Waals surface area contributed by atoms with Crippen molar-refractivity contribution in [3.05, 3.63) is 29.8 Å². The zero-order valence-corrected chi connectivity index (χ0v) is 13.6. The van der Waals surface area contributed by atoms with Crippen LogP contribution in [0.2, 0.25) is 0 Å².